The van der Waals surface area contributed by atoms with Gasteiger partial charge in [-0.1, -0.05) is 6.92 Å². The molecule has 1 saturated heterocycles. The molecule has 29 heavy (non-hydrogen) atoms. The van der Waals surface area contributed by atoms with Crippen LogP contribution < -0.4 is 21.0 Å². The van der Waals surface area contributed by atoms with Gasteiger partial charge < -0.3 is 19.8 Å². The number of hydrogen-bond acceptors (Lipinski definition) is 5. The van der Waals surface area contributed by atoms with Crippen molar-refractivity contribution >= 4 is 16.9 Å². The predicted molar refractivity (Wildman–Crippen MR) is 115 cm³/mol. The Morgan fingerprint density at radius 3 is 2.48 bits per heavy atom. The van der Waals surface area contributed by atoms with E-state index in [0.717, 1.165) is 29.4 Å². The van der Waals surface area contributed by atoms with E-state index in [1.807, 2.05) is 26.0 Å². The van der Waals surface area contributed by atoms with Gasteiger partial charge in [-0.15, -0.1) is 0 Å². The first-order chi connectivity index (χ1) is 13.5. The monoisotopic (exact) mass is 400 g/mol. The molecule has 2 N–H and O–H groups in total. The Morgan fingerprint density at radius 2 is 1.86 bits per heavy atom. The van der Waals surface area contributed by atoms with Crippen LogP contribution in [0.5, 0.6) is 5.75 Å². The highest BCUT2D eigenvalue weighted by molar-refractivity contribution is 5.88. The van der Waals surface area contributed by atoms with Crippen LogP contribution in [0.15, 0.2) is 27.4 Å². The molecule has 1 amide bonds. The van der Waals surface area contributed by atoms with E-state index in [1.54, 1.807) is 0 Å². The lowest BCUT2D eigenvalue weighted by molar-refractivity contribution is -0.124. The topological polar surface area (TPSA) is 80.6 Å². The second-order valence-electron chi connectivity index (χ2n) is 9.43. The van der Waals surface area contributed by atoms with Gasteiger partial charge in [-0.2, -0.15) is 0 Å². The molecule has 1 aliphatic rings. The van der Waals surface area contributed by atoms with Gasteiger partial charge in [0, 0.05) is 23.2 Å². The lowest BCUT2D eigenvalue weighted by Gasteiger charge is -2.46. The van der Waals surface area contributed by atoms with Crippen LogP contribution >= 0.6 is 0 Å². The van der Waals surface area contributed by atoms with Gasteiger partial charge in [-0.25, -0.2) is 4.79 Å². The molecule has 6 heteroatoms. The minimum Gasteiger partial charge on any atom is -0.483 e. The molecular formula is C23H32N2O4. The van der Waals surface area contributed by atoms with Crippen LogP contribution in [0.1, 0.15) is 58.6 Å². The van der Waals surface area contributed by atoms with E-state index in [-0.39, 0.29) is 35.3 Å². The number of piperidine rings is 1. The summed E-state index contributed by atoms with van der Waals surface area (Å²) in [6, 6.07) is 5.29. The summed E-state index contributed by atoms with van der Waals surface area (Å²) in [5.74, 6) is 0.426. The fourth-order valence-corrected chi connectivity index (χ4v) is 4.70. The smallest absolute Gasteiger partial charge is 0.336 e. The number of rotatable bonds is 5. The first kappa shape index (κ1) is 21.4. The zero-order valence-electron chi connectivity index (χ0n) is 18.3. The first-order valence-electron chi connectivity index (χ1n) is 10.3. The molecule has 2 heterocycles. The maximum Gasteiger partial charge on any atom is 0.336 e. The fraction of sp³-hybridized carbons (Fsp3) is 0.565. The third-order valence-electron chi connectivity index (χ3n) is 5.33. The van der Waals surface area contributed by atoms with E-state index in [0.29, 0.717) is 17.8 Å². The molecule has 158 valence electrons. The fourth-order valence-electron chi connectivity index (χ4n) is 4.70. The van der Waals surface area contributed by atoms with Gasteiger partial charge in [0.15, 0.2) is 6.61 Å². The molecule has 0 radical (unpaired) electrons. The van der Waals surface area contributed by atoms with Crippen molar-refractivity contribution < 1.29 is 13.9 Å². The van der Waals surface area contributed by atoms with Gasteiger partial charge in [0.05, 0.1) is 5.39 Å². The third kappa shape index (κ3) is 5.18. The standard InChI is InChI=1S/C23H32N2O4/c1-7-15-10-20(27)29-18-9-14(2)8-17(21(15)18)28-13-19(26)24-16-11-22(3,4)25-23(5,6)12-16/h8-10,16,25H,7,11-13H2,1-6H3,(H,24,26). The molecule has 1 aliphatic heterocycles. The van der Waals surface area contributed by atoms with Gasteiger partial charge >= 0.3 is 5.63 Å². The number of carbonyl (C=O) groups is 1. The van der Waals surface area contributed by atoms with E-state index in [9.17, 15) is 9.59 Å². The lowest BCUT2D eigenvalue weighted by atomic mass is 9.79. The van der Waals surface area contributed by atoms with Gasteiger partial charge in [0.1, 0.15) is 11.3 Å². The average molecular weight is 401 g/mol. The zero-order valence-corrected chi connectivity index (χ0v) is 18.3. The van der Waals surface area contributed by atoms with Crippen LogP contribution in [-0.4, -0.2) is 29.6 Å². The maximum absolute atomic E-state index is 12.6. The number of aryl methyl sites for hydroxylation is 2. The molecule has 0 unspecified atom stereocenters. The van der Waals surface area contributed by atoms with Crippen molar-refractivity contribution in [2.45, 2.75) is 77.9 Å². The first-order valence-corrected chi connectivity index (χ1v) is 10.3. The molecule has 6 nitrogen and oxygen atoms in total. The number of nitrogens with one attached hydrogen (secondary N) is 2. The van der Waals surface area contributed by atoms with Crippen molar-refractivity contribution in [3.63, 3.8) is 0 Å². The Labute approximate surface area is 172 Å². The average Bonchev–Trinajstić information content (AvgIpc) is 2.55. The normalized spacial score (nSPS) is 18.6. The second kappa shape index (κ2) is 7.82. The van der Waals surface area contributed by atoms with Crippen molar-refractivity contribution in [3.05, 3.63) is 39.7 Å². The predicted octanol–water partition coefficient (Wildman–Crippen LogP) is 3.47. The summed E-state index contributed by atoms with van der Waals surface area (Å²) in [5.41, 5.74) is 1.80. The number of fused-ring (bicyclic) bond motifs is 1. The van der Waals surface area contributed by atoms with Crippen LogP contribution in [0.25, 0.3) is 11.0 Å². The maximum atomic E-state index is 12.6. The number of carbonyl (C=O) groups excluding carboxylic acids is 1. The second-order valence-corrected chi connectivity index (χ2v) is 9.43. The molecule has 0 atom stereocenters. The number of amides is 1. The minimum atomic E-state index is -0.375. The van der Waals surface area contributed by atoms with Crippen LogP contribution in [-0.2, 0) is 11.2 Å². The Morgan fingerprint density at radius 1 is 1.21 bits per heavy atom. The van der Waals surface area contributed by atoms with Crippen LogP contribution in [0, 0.1) is 6.92 Å². The molecular weight excluding hydrogens is 368 g/mol. The quantitative estimate of drug-likeness (QED) is 0.751. The van der Waals surface area contributed by atoms with Gasteiger partial charge in [-0.3, -0.25) is 4.79 Å². The summed E-state index contributed by atoms with van der Waals surface area (Å²) in [7, 11) is 0. The Hall–Kier alpha value is -2.34. The Balaban J connectivity index is 1.75. The Kier molecular flexibility index (Phi) is 5.77. The molecule has 0 spiro atoms. The van der Waals surface area contributed by atoms with E-state index in [4.69, 9.17) is 9.15 Å². The number of benzene rings is 1. The highest BCUT2D eigenvalue weighted by Crippen LogP contribution is 2.31. The summed E-state index contributed by atoms with van der Waals surface area (Å²) >= 11 is 0. The van der Waals surface area contributed by atoms with E-state index in [1.165, 1.54) is 6.07 Å². The molecule has 2 aromatic rings. The minimum absolute atomic E-state index is 0.0408. The molecule has 1 aromatic carbocycles. The molecule has 0 aliphatic carbocycles. The van der Waals surface area contributed by atoms with Gasteiger partial charge in [0.25, 0.3) is 5.91 Å². The highest BCUT2D eigenvalue weighted by Gasteiger charge is 2.38. The van der Waals surface area contributed by atoms with E-state index in [2.05, 4.69) is 38.3 Å². The van der Waals surface area contributed by atoms with Crippen molar-refractivity contribution in [2.75, 3.05) is 6.61 Å². The largest absolute Gasteiger partial charge is 0.483 e. The van der Waals surface area contributed by atoms with Crippen molar-refractivity contribution in [2.24, 2.45) is 0 Å². The third-order valence-corrected chi connectivity index (χ3v) is 5.33. The van der Waals surface area contributed by atoms with E-state index >= 15 is 0 Å². The summed E-state index contributed by atoms with van der Waals surface area (Å²) in [4.78, 5) is 24.4. The molecule has 0 bridgehead atoms. The van der Waals surface area contributed by atoms with Gasteiger partial charge in [0.2, 0.25) is 0 Å². The number of ether oxygens (including phenoxy) is 1. The summed E-state index contributed by atoms with van der Waals surface area (Å²) in [5, 5.41) is 7.50. The van der Waals surface area contributed by atoms with Crippen molar-refractivity contribution in [3.8, 4) is 5.75 Å². The molecule has 1 fully saturated rings. The van der Waals surface area contributed by atoms with Crippen molar-refractivity contribution in [1.82, 2.24) is 10.6 Å². The summed E-state index contributed by atoms with van der Waals surface area (Å²) < 4.78 is 11.3. The van der Waals surface area contributed by atoms with Crippen LogP contribution in [0.4, 0.5) is 0 Å². The highest BCUT2D eigenvalue weighted by atomic mass is 16.5. The van der Waals surface area contributed by atoms with Crippen LogP contribution in [0.2, 0.25) is 0 Å². The number of hydrogen-bond donors (Lipinski definition) is 2. The lowest BCUT2D eigenvalue weighted by Crippen LogP contribution is -2.62. The van der Waals surface area contributed by atoms with Crippen LogP contribution in [0.3, 0.4) is 0 Å². The Bertz CT molecular complexity index is 959. The molecule has 3 rings (SSSR count). The van der Waals surface area contributed by atoms with Gasteiger partial charge in [-0.05, 0) is 77.1 Å². The molecule has 0 saturated carbocycles. The zero-order chi connectivity index (χ0) is 21.4. The summed E-state index contributed by atoms with van der Waals surface area (Å²) in [6.45, 7) is 12.4. The summed E-state index contributed by atoms with van der Waals surface area (Å²) in [6.07, 6.45) is 2.40. The molecule has 1 aromatic heterocycles. The van der Waals surface area contributed by atoms with E-state index < -0.39 is 0 Å². The van der Waals surface area contributed by atoms with Crippen molar-refractivity contribution in [1.29, 1.82) is 0 Å². The SMILES string of the molecule is CCc1cc(=O)oc2cc(C)cc(OCC(=O)NC3CC(C)(C)NC(C)(C)C3)c12.